The largest absolute Gasteiger partial charge is 0.378 e. The fraction of sp³-hybridized carbons (Fsp3) is 1.00. The van der Waals surface area contributed by atoms with Gasteiger partial charge in [0.05, 0.1) is 19.3 Å². The Morgan fingerprint density at radius 1 is 1.15 bits per heavy atom. The Balaban J connectivity index is 1.58. The maximum atomic E-state index is 5.18. The highest BCUT2D eigenvalue weighted by Crippen LogP contribution is 2.28. The molecule has 2 atom stereocenters. The molecule has 2 unspecified atom stereocenters. The van der Waals surface area contributed by atoms with Crippen LogP contribution in [0.25, 0.3) is 0 Å². The summed E-state index contributed by atoms with van der Waals surface area (Å²) in [6, 6.07) is 2.27. The van der Waals surface area contributed by atoms with Crippen LogP contribution in [0.2, 0.25) is 0 Å². The quantitative estimate of drug-likeness (QED) is 0.661. The molecule has 0 aromatic carbocycles. The van der Waals surface area contributed by atoms with Crippen molar-refractivity contribution in [1.82, 2.24) is 10.2 Å². The maximum Gasteiger partial charge on any atom is 0.0643 e. The summed E-state index contributed by atoms with van der Waals surface area (Å²) >= 11 is 0. The molecule has 3 heteroatoms. The second kappa shape index (κ2) is 3.23. The van der Waals surface area contributed by atoms with E-state index in [2.05, 4.69) is 10.2 Å². The third kappa shape index (κ3) is 1.39. The van der Waals surface area contributed by atoms with Crippen molar-refractivity contribution in [3.8, 4) is 0 Å². The zero-order valence-corrected chi connectivity index (χ0v) is 8.04. The van der Waals surface area contributed by atoms with Crippen molar-refractivity contribution in [3.63, 3.8) is 0 Å². The van der Waals surface area contributed by atoms with Gasteiger partial charge in [0, 0.05) is 18.6 Å². The monoisotopic (exact) mass is 182 g/mol. The molecule has 0 aromatic heterocycles. The van der Waals surface area contributed by atoms with E-state index in [4.69, 9.17) is 4.74 Å². The third-order valence-electron chi connectivity index (χ3n) is 3.69. The van der Waals surface area contributed by atoms with Crippen molar-refractivity contribution in [2.24, 2.45) is 0 Å². The fourth-order valence-corrected chi connectivity index (χ4v) is 2.91. The van der Waals surface area contributed by atoms with Crippen LogP contribution in [0.5, 0.6) is 0 Å². The number of hydrogen-bond donors (Lipinski definition) is 1. The van der Waals surface area contributed by atoms with E-state index < -0.39 is 0 Å². The van der Waals surface area contributed by atoms with Crippen LogP contribution in [0.4, 0.5) is 0 Å². The Labute approximate surface area is 79.4 Å². The normalized spacial score (nSPS) is 40.6. The summed E-state index contributed by atoms with van der Waals surface area (Å²) in [5, 5.41) is 3.72. The fourth-order valence-electron chi connectivity index (χ4n) is 2.91. The Kier molecular flexibility index (Phi) is 2.04. The summed E-state index contributed by atoms with van der Waals surface area (Å²) in [4.78, 5) is 2.65. The van der Waals surface area contributed by atoms with Gasteiger partial charge in [0.25, 0.3) is 0 Å². The van der Waals surface area contributed by atoms with Crippen LogP contribution in [-0.4, -0.2) is 49.3 Å². The first kappa shape index (κ1) is 8.21. The number of ether oxygens (including phenoxy) is 1. The Morgan fingerprint density at radius 2 is 2.08 bits per heavy atom. The van der Waals surface area contributed by atoms with Gasteiger partial charge in [-0.2, -0.15) is 0 Å². The van der Waals surface area contributed by atoms with E-state index in [1.54, 1.807) is 0 Å². The summed E-state index contributed by atoms with van der Waals surface area (Å²) in [5.41, 5.74) is 0. The Bertz CT molecular complexity index is 193. The summed E-state index contributed by atoms with van der Waals surface area (Å²) in [6.45, 7) is 4.52. The van der Waals surface area contributed by atoms with E-state index >= 15 is 0 Å². The molecule has 74 valence electrons. The molecule has 0 bridgehead atoms. The number of hydrogen-bond acceptors (Lipinski definition) is 3. The number of nitrogens with zero attached hydrogens (tertiary/aromatic N) is 1. The first-order valence-corrected chi connectivity index (χ1v) is 5.51. The highest BCUT2D eigenvalue weighted by Gasteiger charge is 2.38. The van der Waals surface area contributed by atoms with Gasteiger partial charge in [-0.05, 0) is 25.8 Å². The average Bonchev–Trinajstić information content (AvgIpc) is 2.58. The summed E-state index contributed by atoms with van der Waals surface area (Å²) < 4.78 is 5.18. The molecule has 3 saturated heterocycles. The maximum absolute atomic E-state index is 5.18. The molecule has 0 radical (unpaired) electrons. The predicted octanol–water partition coefficient (Wildman–Crippen LogP) is 0.212. The van der Waals surface area contributed by atoms with Crippen LogP contribution in [0, 0.1) is 0 Å². The molecule has 0 spiro atoms. The number of rotatable bonds is 2. The lowest BCUT2D eigenvalue weighted by Crippen LogP contribution is -2.53. The van der Waals surface area contributed by atoms with Gasteiger partial charge in [-0.3, -0.25) is 4.90 Å². The van der Waals surface area contributed by atoms with E-state index in [1.807, 2.05) is 0 Å². The van der Waals surface area contributed by atoms with Gasteiger partial charge in [-0.1, -0.05) is 0 Å². The molecular formula is C10H18N2O. The van der Waals surface area contributed by atoms with Crippen LogP contribution in [0.1, 0.15) is 19.3 Å². The lowest BCUT2D eigenvalue weighted by Gasteiger charge is -2.32. The average molecular weight is 182 g/mol. The van der Waals surface area contributed by atoms with Crippen LogP contribution in [0.3, 0.4) is 0 Å². The van der Waals surface area contributed by atoms with E-state index in [1.165, 1.54) is 32.4 Å². The standard InChI is InChI=1S/C10H18N2O/c1-2-10-9(3-5-12(10)4-1)11-8-6-13-7-8/h8-11H,1-7H2. The summed E-state index contributed by atoms with van der Waals surface area (Å²) in [6.07, 6.45) is 4.16. The first-order chi connectivity index (χ1) is 6.43. The Morgan fingerprint density at radius 3 is 2.85 bits per heavy atom. The molecule has 1 N–H and O–H groups in total. The molecule has 3 aliphatic heterocycles. The third-order valence-corrected chi connectivity index (χ3v) is 3.69. The number of nitrogens with one attached hydrogen (secondary N) is 1. The highest BCUT2D eigenvalue weighted by atomic mass is 16.5. The van der Waals surface area contributed by atoms with Crippen LogP contribution in [0.15, 0.2) is 0 Å². The Hall–Kier alpha value is -0.120. The van der Waals surface area contributed by atoms with Gasteiger partial charge < -0.3 is 10.1 Å². The van der Waals surface area contributed by atoms with Crippen molar-refractivity contribution < 1.29 is 4.74 Å². The lowest BCUT2D eigenvalue weighted by molar-refractivity contribution is -0.0112. The van der Waals surface area contributed by atoms with Crippen molar-refractivity contribution >= 4 is 0 Å². The minimum absolute atomic E-state index is 0.658. The van der Waals surface area contributed by atoms with Crippen molar-refractivity contribution in [1.29, 1.82) is 0 Å². The molecule has 3 rings (SSSR count). The zero-order valence-electron chi connectivity index (χ0n) is 8.04. The minimum atomic E-state index is 0.658. The molecule has 3 nitrogen and oxygen atoms in total. The second-order valence-electron chi connectivity index (χ2n) is 4.54. The van der Waals surface area contributed by atoms with Crippen LogP contribution >= 0.6 is 0 Å². The van der Waals surface area contributed by atoms with Gasteiger partial charge in [-0.15, -0.1) is 0 Å². The smallest absolute Gasteiger partial charge is 0.0643 e. The predicted molar refractivity (Wildman–Crippen MR) is 50.7 cm³/mol. The van der Waals surface area contributed by atoms with E-state index in [9.17, 15) is 0 Å². The summed E-state index contributed by atoms with van der Waals surface area (Å²) in [5.74, 6) is 0. The molecule has 3 aliphatic rings. The van der Waals surface area contributed by atoms with Gasteiger partial charge >= 0.3 is 0 Å². The van der Waals surface area contributed by atoms with Gasteiger partial charge in [0.1, 0.15) is 0 Å². The van der Waals surface area contributed by atoms with Gasteiger partial charge in [0.15, 0.2) is 0 Å². The number of fused-ring (bicyclic) bond motifs is 1. The van der Waals surface area contributed by atoms with Gasteiger partial charge in [0.2, 0.25) is 0 Å². The molecule has 0 amide bonds. The van der Waals surface area contributed by atoms with E-state index in [0.29, 0.717) is 6.04 Å². The first-order valence-electron chi connectivity index (χ1n) is 5.51. The van der Waals surface area contributed by atoms with Crippen molar-refractivity contribution in [3.05, 3.63) is 0 Å². The van der Waals surface area contributed by atoms with Crippen LogP contribution in [-0.2, 0) is 4.74 Å². The van der Waals surface area contributed by atoms with Crippen LogP contribution < -0.4 is 5.32 Å². The van der Waals surface area contributed by atoms with E-state index in [0.717, 1.165) is 25.3 Å². The second-order valence-corrected chi connectivity index (χ2v) is 4.54. The van der Waals surface area contributed by atoms with E-state index in [-0.39, 0.29) is 0 Å². The minimum Gasteiger partial charge on any atom is -0.378 e. The molecular weight excluding hydrogens is 164 g/mol. The molecule has 3 fully saturated rings. The molecule has 3 heterocycles. The summed E-state index contributed by atoms with van der Waals surface area (Å²) in [7, 11) is 0. The molecule has 0 aromatic rings. The van der Waals surface area contributed by atoms with Crippen molar-refractivity contribution in [2.75, 3.05) is 26.3 Å². The molecule has 0 aliphatic carbocycles. The SMILES string of the molecule is C1CC2C(NC3COC3)CCN2C1. The zero-order chi connectivity index (χ0) is 8.67. The molecule has 0 saturated carbocycles. The highest BCUT2D eigenvalue weighted by molar-refractivity contribution is 4.97. The topological polar surface area (TPSA) is 24.5 Å². The van der Waals surface area contributed by atoms with Crippen molar-refractivity contribution in [2.45, 2.75) is 37.4 Å². The lowest BCUT2D eigenvalue weighted by atomic mass is 10.1. The van der Waals surface area contributed by atoms with Gasteiger partial charge in [-0.25, -0.2) is 0 Å². The molecule has 13 heavy (non-hydrogen) atoms.